The van der Waals surface area contributed by atoms with Crippen molar-refractivity contribution in [3.8, 4) is 11.3 Å². The standard InChI is InChI=1S/C22H28N6O/c1-15-19(13-28(25-15)18-9-16(10-18)14-29)22-12-23-21-11-17(3-4-20(21)24-22)27-7-5-26(2)6-8-27/h3-4,11-13,16,18,29H,5-10,14H2,1-2H3. The number of nitrogens with zero attached hydrogens (tertiary/aromatic N) is 6. The SMILES string of the molecule is Cc1nn(C2CC(CO)C2)cc1-c1cnc2cc(N3CCN(C)CC3)ccc2n1. The first-order valence-electron chi connectivity index (χ1n) is 10.5. The molecule has 152 valence electrons. The highest BCUT2D eigenvalue weighted by Crippen LogP contribution is 2.38. The molecule has 1 N–H and O–H groups in total. The lowest BCUT2D eigenvalue weighted by molar-refractivity contribution is 0.105. The Morgan fingerprint density at radius 1 is 1.10 bits per heavy atom. The van der Waals surface area contributed by atoms with Crippen LogP contribution in [-0.2, 0) is 0 Å². The molecule has 7 nitrogen and oxygen atoms in total. The number of likely N-dealkylation sites (N-methyl/N-ethyl adjacent to an activating group) is 1. The van der Waals surface area contributed by atoms with E-state index in [-0.39, 0.29) is 6.61 Å². The van der Waals surface area contributed by atoms with Gasteiger partial charge in [-0.05, 0) is 50.9 Å². The summed E-state index contributed by atoms with van der Waals surface area (Å²) >= 11 is 0. The number of hydrogen-bond acceptors (Lipinski definition) is 6. The van der Waals surface area contributed by atoms with Crippen LogP contribution in [0.5, 0.6) is 0 Å². The maximum Gasteiger partial charge on any atom is 0.0927 e. The number of rotatable bonds is 4. The number of piperazine rings is 1. The molecule has 3 aromatic rings. The predicted molar refractivity (Wildman–Crippen MR) is 114 cm³/mol. The van der Waals surface area contributed by atoms with Gasteiger partial charge in [-0.15, -0.1) is 0 Å². The van der Waals surface area contributed by atoms with Gasteiger partial charge >= 0.3 is 0 Å². The van der Waals surface area contributed by atoms with Crippen molar-refractivity contribution < 1.29 is 5.11 Å². The van der Waals surface area contributed by atoms with Crippen LogP contribution in [0.15, 0.2) is 30.6 Å². The molecule has 1 aliphatic carbocycles. The summed E-state index contributed by atoms with van der Waals surface area (Å²) in [4.78, 5) is 14.4. The van der Waals surface area contributed by atoms with Gasteiger partial charge in [0.05, 0.1) is 34.7 Å². The third-order valence-electron chi connectivity index (χ3n) is 6.43. The summed E-state index contributed by atoms with van der Waals surface area (Å²) in [5.74, 6) is 0.419. The summed E-state index contributed by atoms with van der Waals surface area (Å²) < 4.78 is 2.04. The zero-order valence-electron chi connectivity index (χ0n) is 17.1. The van der Waals surface area contributed by atoms with Crippen LogP contribution in [0, 0.1) is 12.8 Å². The molecular formula is C22H28N6O. The van der Waals surface area contributed by atoms with E-state index in [1.54, 1.807) is 0 Å². The lowest BCUT2D eigenvalue weighted by Crippen LogP contribution is -2.44. The third-order valence-corrected chi connectivity index (χ3v) is 6.43. The maximum absolute atomic E-state index is 9.25. The van der Waals surface area contributed by atoms with Crippen LogP contribution in [0.3, 0.4) is 0 Å². The van der Waals surface area contributed by atoms with Gasteiger partial charge in [0, 0.05) is 50.2 Å². The van der Waals surface area contributed by atoms with Crippen LogP contribution in [0.25, 0.3) is 22.3 Å². The number of aliphatic hydroxyl groups excluding tert-OH is 1. The normalized spacial score (nSPS) is 22.8. The summed E-state index contributed by atoms with van der Waals surface area (Å²) in [5, 5.41) is 13.9. The van der Waals surface area contributed by atoms with Crippen LogP contribution < -0.4 is 4.90 Å². The number of aromatic nitrogens is 4. The first kappa shape index (κ1) is 18.5. The number of fused-ring (bicyclic) bond motifs is 1. The minimum Gasteiger partial charge on any atom is -0.396 e. The molecule has 1 aliphatic heterocycles. The number of hydrogen-bond donors (Lipinski definition) is 1. The fourth-order valence-electron chi connectivity index (χ4n) is 4.38. The molecule has 2 aromatic heterocycles. The van der Waals surface area contributed by atoms with Gasteiger partial charge in [-0.3, -0.25) is 9.67 Å². The number of aryl methyl sites for hydroxylation is 1. The topological polar surface area (TPSA) is 70.3 Å². The number of anilines is 1. The van der Waals surface area contributed by atoms with Gasteiger partial charge in [-0.25, -0.2) is 4.98 Å². The molecule has 0 amide bonds. The van der Waals surface area contributed by atoms with Crippen molar-refractivity contribution in [2.75, 3.05) is 44.7 Å². The molecule has 0 spiro atoms. The third kappa shape index (κ3) is 3.49. The van der Waals surface area contributed by atoms with E-state index in [0.29, 0.717) is 12.0 Å². The van der Waals surface area contributed by atoms with Crippen molar-refractivity contribution in [1.82, 2.24) is 24.6 Å². The Kier molecular flexibility index (Phi) is 4.72. The van der Waals surface area contributed by atoms with Crippen molar-refractivity contribution in [2.24, 2.45) is 5.92 Å². The molecule has 2 aliphatic rings. The molecule has 0 atom stereocenters. The molecular weight excluding hydrogens is 364 g/mol. The zero-order chi connectivity index (χ0) is 20.0. The molecule has 1 saturated carbocycles. The molecule has 1 saturated heterocycles. The quantitative estimate of drug-likeness (QED) is 0.736. The van der Waals surface area contributed by atoms with Crippen LogP contribution >= 0.6 is 0 Å². The molecule has 0 bridgehead atoms. The Morgan fingerprint density at radius 3 is 2.66 bits per heavy atom. The minimum absolute atomic E-state index is 0.274. The van der Waals surface area contributed by atoms with Gasteiger partial charge in [0.25, 0.3) is 0 Å². The van der Waals surface area contributed by atoms with Crippen molar-refractivity contribution in [2.45, 2.75) is 25.8 Å². The van der Waals surface area contributed by atoms with Crippen LogP contribution in [0.4, 0.5) is 5.69 Å². The van der Waals surface area contributed by atoms with Crippen molar-refractivity contribution in [3.63, 3.8) is 0 Å². The van der Waals surface area contributed by atoms with E-state index >= 15 is 0 Å². The summed E-state index contributed by atoms with van der Waals surface area (Å²) in [6.07, 6.45) is 5.94. The second-order valence-corrected chi connectivity index (χ2v) is 8.50. The lowest BCUT2D eigenvalue weighted by Gasteiger charge is -2.34. The van der Waals surface area contributed by atoms with E-state index in [4.69, 9.17) is 15.1 Å². The molecule has 3 heterocycles. The van der Waals surface area contributed by atoms with Gasteiger partial charge in [0.1, 0.15) is 0 Å². The van der Waals surface area contributed by atoms with Gasteiger partial charge in [0.15, 0.2) is 0 Å². The molecule has 2 fully saturated rings. The monoisotopic (exact) mass is 392 g/mol. The average Bonchev–Trinajstić information content (AvgIpc) is 3.08. The second-order valence-electron chi connectivity index (χ2n) is 8.50. The van der Waals surface area contributed by atoms with Gasteiger partial charge < -0.3 is 14.9 Å². The van der Waals surface area contributed by atoms with Gasteiger partial charge in [0.2, 0.25) is 0 Å². The van der Waals surface area contributed by atoms with Crippen LogP contribution in [0.2, 0.25) is 0 Å². The highest BCUT2D eigenvalue weighted by molar-refractivity contribution is 5.81. The number of benzene rings is 1. The summed E-state index contributed by atoms with van der Waals surface area (Å²) in [6, 6.07) is 6.78. The van der Waals surface area contributed by atoms with Crippen LogP contribution in [-0.4, -0.2) is 69.6 Å². The second kappa shape index (κ2) is 7.39. The van der Waals surface area contributed by atoms with E-state index < -0.39 is 0 Å². The molecule has 0 radical (unpaired) electrons. The fraction of sp³-hybridized carbons (Fsp3) is 0.500. The Hall–Kier alpha value is -2.51. The van der Waals surface area contributed by atoms with Gasteiger partial charge in [-0.1, -0.05) is 0 Å². The molecule has 7 heteroatoms. The van der Waals surface area contributed by atoms with E-state index in [0.717, 1.165) is 67.0 Å². The minimum atomic E-state index is 0.274. The maximum atomic E-state index is 9.25. The highest BCUT2D eigenvalue weighted by Gasteiger charge is 2.31. The van der Waals surface area contributed by atoms with E-state index in [2.05, 4.69) is 41.2 Å². The average molecular weight is 393 g/mol. The lowest BCUT2D eigenvalue weighted by atomic mass is 9.81. The Labute approximate surface area is 171 Å². The summed E-state index contributed by atoms with van der Waals surface area (Å²) in [6.45, 7) is 6.57. The Morgan fingerprint density at radius 2 is 1.90 bits per heavy atom. The van der Waals surface area contributed by atoms with Crippen molar-refractivity contribution in [3.05, 3.63) is 36.3 Å². The first-order valence-corrected chi connectivity index (χ1v) is 10.5. The van der Waals surface area contributed by atoms with Crippen molar-refractivity contribution in [1.29, 1.82) is 0 Å². The largest absolute Gasteiger partial charge is 0.396 e. The van der Waals surface area contributed by atoms with Crippen molar-refractivity contribution >= 4 is 16.7 Å². The van der Waals surface area contributed by atoms with Gasteiger partial charge in [-0.2, -0.15) is 5.10 Å². The fourth-order valence-corrected chi connectivity index (χ4v) is 4.38. The molecule has 0 unspecified atom stereocenters. The highest BCUT2D eigenvalue weighted by atomic mass is 16.3. The van der Waals surface area contributed by atoms with Crippen LogP contribution in [0.1, 0.15) is 24.6 Å². The zero-order valence-corrected chi connectivity index (χ0v) is 17.1. The summed E-state index contributed by atoms with van der Waals surface area (Å²) in [5.41, 5.74) is 5.94. The van der Waals surface area contributed by atoms with E-state index in [1.807, 2.05) is 17.8 Å². The predicted octanol–water partition coefficient (Wildman–Crippen LogP) is 2.50. The van der Waals surface area contributed by atoms with E-state index in [1.165, 1.54) is 5.69 Å². The summed E-state index contributed by atoms with van der Waals surface area (Å²) in [7, 11) is 2.17. The first-order chi connectivity index (χ1) is 14.1. The van der Waals surface area contributed by atoms with E-state index in [9.17, 15) is 5.11 Å². The number of aliphatic hydroxyl groups is 1. The Balaban J connectivity index is 1.39. The molecule has 1 aromatic carbocycles. The molecule has 5 rings (SSSR count). The smallest absolute Gasteiger partial charge is 0.0927 e. The Bertz CT molecular complexity index is 1020. The molecule has 29 heavy (non-hydrogen) atoms.